The molecule has 1 aliphatic heterocycles. The molecule has 1 aliphatic rings. The van der Waals surface area contributed by atoms with Gasteiger partial charge in [0.1, 0.15) is 18.3 Å². The van der Waals surface area contributed by atoms with E-state index in [4.69, 9.17) is 16.6 Å². The summed E-state index contributed by atoms with van der Waals surface area (Å²) >= 11 is 7.20. The molecule has 6 nitrogen and oxygen atoms in total. The Morgan fingerprint density at radius 2 is 1.74 bits per heavy atom. The molecule has 0 bridgehead atoms. The first-order valence-corrected chi connectivity index (χ1v) is 12.1. The number of nitrogens with one attached hydrogen (secondary N) is 2. The molecule has 0 unspecified atom stereocenters. The van der Waals surface area contributed by atoms with Crippen molar-refractivity contribution >= 4 is 40.7 Å². The molecular weight excluding hydrogens is 464 g/mol. The van der Waals surface area contributed by atoms with Gasteiger partial charge in [-0.3, -0.25) is 9.78 Å². The first-order valence-electron chi connectivity index (χ1n) is 10.8. The largest absolute Gasteiger partial charge is 0.452 e. The Labute approximate surface area is 207 Å². The monoisotopic (exact) mass is 486 g/mol. The van der Waals surface area contributed by atoms with Crippen molar-refractivity contribution in [1.29, 1.82) is 0 Å². The number of hydrogen-bond donors (Lipinski definition) is 2. The fourth-order valence-electron chi connectivity index (χ4n) is 3.91. The minimum Gasteiger partial charge on any atom is -0.452 e. The van der Waals surface area contributed by atoms with Gasteiger partial charge in [0, 0.05) is 16.8 Å². The van der Waals surface area contributed by atoms with E-state index >= 15 is 0 Å². The van der Waals surface area contributed by atoms with Crippen molar-refractivity contribution in [3.8, 4) is 0 Å². The molecule has 3 heterocycles. The van der Waals surface area contributed by atoms with Crippen LogP contribution in [0.3, 0.4) is 0 Å². The molecule has 2 aromatic heterocycles. The molecule has 0 radical (unpaired) electrons. The number of carbonyl (C=O) groups excluding carboxylic acids is 1. The van der Waals surface area contributed by atoms with Gasteiger partial charge in [-0.1, -0.05) is 54.2 Å². The number of amides is 1. The molecule has 0 saturated carbocycles. The number of rotatable bonds is 7. The Kier molecular flexibility index (Phi) is 6.60. The lowest BCUT2D eigenvalue weighted by Crippen LogP contribution is -2.36. The van der Waals surface area contributed by atoms with Crippen molar-refractivity contribution in [3.05, 3.63) is 109 Å². The standard InChI is InChI=1S/C26H22N4O2S2/c31-22(28-18-9-3-1-4-10-18)17-30-25(24(29-26(30)33)20-13-7-8-16-27-20)21-14-15-23(32-21)34-19-11-5-2-6-12-19/h1-16,24-25H,17H2,(H,28,31)(H,29,33)/t24-,25-/m1/s1. The van der Waals surface area contributed by atoms with Gasteiger partial charge in [-0.15, -0.1) is 0 Å². The van der Waals surface area contributed by atoms with Gasteiger partial charge in [0.2, 0.25) is 5.91 Å². The Morgan fingerprint density at radius 3 is 2.47 bits per heavy atom. The third kappa shape index (κ3) is 4.98. The van der Waals surface area contributed by atoms with E-state index in [0.717, 1.165) is 21.4 Å². The Hall–Kier alpha value is -3.62. The van der Waals surface area contributed by atoms with Crippen LogP contribution in [-0.2, 0) is 4.79 Å². The molecule has 2 N–H and O–H groups in total. The molecule has 0 spiro atoms. The number of carbonyl (C=O) groups is 1. The Morgan fingerprint density at radius 1 is 1.00 bits per heavy atom. The maximum absolute atomic E-state index is 12.9. The summed E-state index contributed by atoms with van der Waals surface area (Å²) in [5.41, 5.74) is 1.57. The molecule has 2 aromatic carbocycles. The summed E-state index contributed by atoms with van der Waals surface area (Å²) in [6, 6.07) is 28.5. The molecular formula is C26H22N4O2S2. The van der Waals surface area contributed by atoms with Crippen molar-refractivity contribution < 1.29 is 9.21 Å². The normalized spacial score (nSPS) is 17.4. The van der Waals surface area contributed by atoms with Crippen LogP contribution in [0.25, 0.3) is 0 Å². The number of aromatic nitrogens is 1. The number of para-hydroxylation sites is 1. The second kappa shape index (κ2) is 10.1. The van der Waals surface area contributed by atoms with Crippen LogP contribution in [0.5, 0.6) is 0 Å². The van der Waals surface area contributed by atoms with E-state index in [2.05, 4.69) is 15.6 Å². The van der Waals surface area contributed by atoms with Crippen molar-refractivity contribution in [2.45, 2.75) is 22.1 Å². The number of benzene rings is 2. The predicted octanol–water partition coefficient (Wildman–Crippen LogP) is 5.44. The maximum atomic E-state index is 12.9. The van der Waals surface area contributed by atoms with E-state index in [1.54, 1.807) is 18.0 Å². The molecule has 1 amide bonds. The first-order chi connectivity index (χ1) is 16.7. The molecule has 1 saturated heterocycles. The number of nitrogens with zero attached hydrogens (tertiary/aromatic N) is 2. The van der Waals surface area contributed by atoms with Crippen molar-refractivity contribution in [3.63, 3.8) is 0 Å². The van der Waals surface area contributed by atoms with Gasteiger partial charge >= 0.3 is 0 Å². The topological polar surface area (TPSA) is 70.4 Å². The van der Waals surface area contributed by atoms with Crippen molar-refractivity contribution in [1.82, 2.24) is 15.2 Å². The summed E-state index contributed by atoms with van der Waals surface area (Å²) in [5.74, 6) is 0.557. The number of furan rings is 1. The SMILES string of the molecule is O=C(CN1C(=S)N[C@H](c2ccccn2)[C@H]1c1ccc(Sc2ccccc2)o1)Nc1ccccc1. The number of anilines is 1. The fourth-order valence-corrected chi connectivity index (χ4v) is 5.02. The Balaban J connectivity index is 1.42. The predicted molar refractivity (Wildman–Crippen MR) is 137 cm³/mol. The quantitative estimate of drug-likeness (QED) is 0.337. The number of thiocarbonyl (C=S) groups is 1. The lowest BCUT2D eigenvalue weighted by Gasteiger charge is -2.25. The highest BCUT2D eigenvalue weighted by Crippen LogP contribution is 2.41. The third-order valence-corrected chi connectivity index (χ3v) is 6.71. The molecule has 8 heteroatoms. The summed E-state index contributed by atoms with van der Waals surface area (Å²) < 4.78 is 6.26. The zero-order valence-corrected chi connectivity index (χ0v) is 19.8. The van der Waals surface area contributed by atoms with Crippen molar-refractivity contribution in [2.75, 3.05) is 11.9 Å². The van der Waals surface area contributed by atoms with Crippen LogP contribution in [-0.4, -0.2) is 27.4 Å². The summed E-state index contributed by atoms with van der Waals surface area (Å²) in [6.07, 6.45) is 1.75. The minimum atomic E-state index is -0.325. The van der Waals surface area contributed by atoms with E-state index in [9.17, 15) is 4.79 Å². The van der Waals surface area contributed by atoms with Gasteiger partial charge in [-0.05, 0) is 60.7 Å². The zero-order valence-electron chi connectivity index (χ0n) is 18.1. The summed E-state index contributed by atoms with van der Waals surface area (Å²) in [7, 11) is 0. The average molecular weight is 487 g/mol. The van der Waals surface area contributed by atoms with Crippen LogP contribution in [0.1, 0.15) is 23.5 Å². The highest BCUT2D eigenvalue weighted by atomic mass is 32.2. The van der Waals surface area contributed by atoms with Gasteiger partial charge in [0.05, 0.1) is 11.7 Å². The van der Waals surface area contributed by atoms with Crippen LogP contribution in [0.15, 0.2) is 112 Å². The van der Waals surface area contributed by atoms with Crippen LogP contribution in [0.4, 0.5) is 5.69 Å². The molecule has 5 rings (SSSR count). The van der Waals surface area contributed by atoms with Crippen LogP contribution < -0.4 is 10.6 Å². The molecule has 4 aromatic rings. The van der Waals surface area contributed by atoms with Crippen LogP contribution >= 0.6 is 24.0 Å². The third-order valence-electron chi connectivity index (χ3n) is 5.42. The summed E-state index contributed by atoms with van der Waals surface area (Å²) in [5, 5.41) is 7.54. The minimum absolute atomic E-state index is 0.0799. The maximum Gasteiger partial charge on any atom is 0.244 e. The van der Waals surface area contributed by atoms with E-state index in [0.29, 0.717) is 10.9 Å². The fraction of sp³-hybridized carbons (Fsp3) is 0.115. The molecule has 170 valence electrons. The van der Waals surface area contributed by atoms with Gasteiger partial charge in [-0.2, -0.15) is 0 Å². The number of pyridine rings is 1. The summed E-state index contributed by atoms with van der Waals surface area (Å²) in [4.78, 5) is 20.4. The van der Waals surface area contributed by atoms with Gasteiger partial charge < -0.3 is 20.0 Å². The van der Waals surface area contributed by atoms with Crippen LogP contribution in [0, 0.1) is 0 Å². The zero-order chi connectivity index (χ0) is 23.3. The van der Waals surface area contributed by atoms with E-state index in [1.807, 2.05) is 95.9 Å². The highest BCUT2D eigenvalue weighted by molar-refractivity contribution is 7.99. The van der Waals surface area contributed by atoms with Crippen molar-refractivity contribution in [2.24, 2.45) is 0 Å². The smallest absolute Gasteiger partial charge is 0.244 e. The van der Waals surface area contributed by atoms with E-state index in [1.165, 1.54) is 0 Å². The second-order valence-electron chi connectivity index (χ2n) is 7.74. The lowest BCUT2D eigenvalue weighted by molar-refractivity contribution is -0.116. The Bertz CT molecular complexity index is 1270. The van der Waals surface area contributed by atoms with Crippen LogP contribution in [0.2, 0.25) is 0 Å². The molecule has 1 fully saturated rings. The second-order valence-corrected chi connectivity index (χ2v) is 9.21. The van der Waals surface area contributed by atoms with E-state index in [-0.39, 0.29) is 24.5 Å². The highest BCUT2D eigenvalue weighted by Gasteiger charge is 2.42. The number of hydrogen-bond acceptors (Lipinski definition) is 5. The first kappa shape index (κ1) is 22.2. The average Bonchev–Trinajstić information content (AvgIpc) is 3.45. The van der Waals surface area contributed by atoms with Gasteiger partial charge in [-0.25, -0.2) is 0 Å². The molecule has 34 heavy (non-hydrogen) atoms. The molecule has 2 atom stereocenters. The van der Waals surface area contributed by atoms with Gasteiger partial charge in [0.25, 0.3) is 0 Å². The lowest BCUT2D eigenvalue weighted by atomic mass is 10.0. The summed E-state index contributed by atoms with van der Waals surface area (Å²) in [6.45, 7) is 0.0799. The van der Waals surface area contributed by atoms with E-state index < -0.39 is 0 Å². The molecule has 0 aliphatic carbocycles. The van der Waals surface area contributed by atoms with Gasteiger partial charge in [0.15, 0.2) is 10.2 Å².